The van der Waals surface area contributed by atoms with Gasteiger partial charge in [-0.25, -0.2) is 9.78 Å². The van der Waals surface area contributed by atoms with Crippen molar-refractivity contribution in [3.05, 3.63) is 11.1 Å². The van der Waals surface area contributed by atoms with Crippen LogP contribution in [0, 0.1) is 0 Å². The fourth-order valence-corrected chi connectivity index (χ4v) is 1.36. The first-order valence-corrected chi connectivity index (χ1v) is 4.51. The third-order valence-electron chi connectivity index (χ3n) is 1.33. The Morgan fingerprint density at radius 1 is 1.71 bits per heavy atom. The largest absolute Gasteiger partial charge is 0.476 e. The summed E-state index contributed by atoms with van der Waals surface area (Å²) in [5, 5.41) is 13.0. The van der Waals surface area contributed by atoms with Crippen molar-refractivity contribution in [3.63, 3.8) is 0 Å². The van der Waals surface area contributed by atoms with Crippen LogP contribution in [-0.2, 0) is 9.53 Å². The molecule has 6 nitrogen and oxygen atoms in total. The first-order valence-electron chi connectivity index (χ1n) is 3.63. The molecule has 0 unspecified atom stereocenters. The Hall–Kier alpha value is -1.63. The third-order valence-corrected chi connectivity index (χ3v) is 2.13. The molecule has 7 heteroatoms. The Balaban J connectivity index is 2.52. The minimum absolute atomic E-state index is 0.0247. The lowest BCUT2D eigenvalue weighted by Crippen LogP contribution is -2.14. The summed E-state index contributed by atoms with van der Waals surface area (Å²) in [7, 11) is 1.27. The van der Waals surface area contributed by atoms with E-state index >= 15 is 0 Å². The van der Waals surface area contributed by atoms with Crippen molar-refractivity contribution in [2.45, 2.75) is 0 Å². The van der Waals surface area contributed by atoms with Crippen molar-refractivity contribution < 1.29 is 19.4 Å². The summed E-state index contributed by atoms with van der Waals surface area (Å²) >= 11 is 1.12. The maximum Gasteiger partial charge on any atom is 0.355 e. The van der Waals surface area contributed by atoms with Gasteiger partial charge in [-0.15, -0.1) is 11.3 Å². The summed E-state index contributed by atoms with van der Waals surface area (Å²) in [4.78, 5) is 24.9. The first-order chi connectivity index (χ1) is 6.63. The predicted molar refractivity (Wildman–Crippen MR) is 49.6 cm³/mol. The normalized spacial score (nSPS) is 9.50. The highest BCUT2D eigenvalue weighted by molar-refractivity contribution is 7.13. The SMILES string of the molecule is COC(=O)CNc1nc(C(=O)O)cs1. The minimum Gasteiger partial charge on any atom is -0.476 e. The molecule has 0 saturated carbocycles. The second kappa shape index (κ2) is 4.56. The number of aromatic carboxylic acids is 1. The van der Waals surface area contributed by atoms with E-state index in [2.05, 4.69) is 15.0 Å². The van der Waals surface area contributed by atoms with Gasteiger partial charge in [-0.2, -0.15) is 0 Å². The molecule has 1 aromatic heterocycles. The molecule has 0 radical (unpaired) electrons. The van der Waals surface area contributed by atoms with E-state index in [1.165, 1.54) is 12.5 Å². The van der Waals surface area contributed by atoms with Crippen molar-refractivity contribution in [2.75, 3.05) is 19.0 Å². The highest BCUT2D eigenvalue weighted by Crippen LogP contribution is 2.14. The second-order valence-electron chi connectivity index (χ2n) is 2.27. The van der Waals surface area contributed by atoms with Crippen LogP contribution in [0.25, 0.3) is 0 Å². The number of rotatable bonds is 4. The number of anilines is 1. The average molecular weight is 216 g/mol. The average Bonchev–Trinajstić information content (AvgIpc) is 2.62. The summed E-state index contributed by atoms with van der Waals surface area (Å²) in [5.74, 6) is -1.52. The molecule has 1 heterocycles. The molecule has 0 aliphatic heterocycles. The van der Waals surface area contributed by atoms with Gasteiger partial charge in [-0.1, -0.05) is 0 Å². The molecule has 14 heavy (non-hydrogen) atoms. The van der Waals surface area contributed by atoms with Gasteiger partial charge in [0.15, 0.2) is 10.8 Å². The maximum atomic E-state index is 10.7. The van der Waals surface area contributed by atoms with Crippen LogP contribution in [0.15, 0.2) is 5.38 Å². The molecule has 0 spiro atoms. The zero-order chi connectivity index (χ0) is 10.6. The van der Waals surface area contributed by atoms with Crippen molar-refractivity contribution >= 4 is 28.4 Å². The predicted octanol–water partition coefficient (Wildman–Crippen LogP) is 0.426. The van der Waals surface area contributed by atoms with Gasteiger partial charge >= 0.3 is 11.9 Å². The molecule has 0 saturated heterocycles. The number of aromatic nitrogens is 1. The van der Waals surface area contributed by atoms with E-state index < -0.39 is 11.9 Å². The molecule has 0 atom stereocenters. The number of thiazole rings is 1. The number of carbonyl (C=O) groups excluding carboxylic acids is 1. The number of esters is 1. The van der Waals surface area contributed by atoms with Crippen LogP contribution in [0.1, 0.15) is 10.5 Å². The van der Waals surface area contributed by atoms with E-state index in [0.717, 1.165) is 11.3 Å². The van der Waals surface area contributed by atoms with Crippen molar-refractivity contribution in [1.29, 1.82) is 0 Å². The van der Waals surface area contributed by atoms with Crippen LogP contribution in [0.3, 0.4) is 0 Å². The Kier molecular flexibility index (Phi) is 3.41. The number of nitrogens with one attached hydrogen (secondary N) is 1. The minimum atomic E-state index is -1.09. The molecular weight excluding hydrogens is 208 g/mol. The molecule has 0 amide bonds. The maximum absolute atomic E-state index is 10.7. The molecule has 0 aromatic carbocycles. The number of hydrogen-bond acceptors (Lipinski definition) is 6. The number of carboxylic acid groups (broad SMARTS) is 1. The molecule has 0 aliphatic carbocycles. The van der Waals surface area contributed by atoms with Gasteiger partial charge in [0, 0.05) is 5.38 Å². The summed E-state index contributed by atoms with van der Waals surface area (Å²) < 4.78 is 4.39. The lowest BCUT2D eigenvalue weighted by atomic mass is 10.5. The Labute approximate surface area is 83.5 Å². The van der Waals surface area contributed by atoms with Gasteiger partial charge in [0.2, 0.25) is 0 Å². The number of nitrogens with zero attached hydrogens (tertiary/aromatic N) is 1. The Morgan fingerprint density at radius 2 is 2.43 bits per heavy atom. The van der Waals surface area contributed by atoms with Crippen LogP contribution in [0.4, 0.5) is 5.13 Å². The number of methoxy groups -OCH3 is 1. The first kappa shape index (κ1) is 10.5. The van der Waals surface area contributed by atoms with Gasteiger partial charge in [-0.05, 0) is 0 Å². The van der Waals surface area contributed by atoms with Crippen molar-refractivity contribution in [2.24, 2.45) is 0 Å². The number of hydrogen-bond donors (Lipinski definition) is 2. The van der Waals surface area contributed by atoms with Gasteiger partial charge in [0.05, 0.1) is 7.11 Å². The molecular formula is C7H8N2O4S. The summed E-state index contributed by atoms with van der Waals surface area (Å²) in [6.45, 7) is -0.0247. The number of ether oxygens (including phenoxy) is 1. The Morgan fingerprint density at radius 3 is 2.93 bits per heavy atom. The Bertz CT molecular complexity index is 349. The van der Waals surface area contributed by atoms with Crippen LogP contribution < -0.4 is 5.32 Å². The second-order valence-corrected chi connectivity index (χ2v) is 3.13. The van der Waals surface area contributed by atoms with Crippen molar-refractivity contribution in [3.8, 4) is 0 Å². The van der Waals surface area contributed by atoms with Crippen LogP contribution in [0.5, 0.6) is 0 Å². The van der Waals surface area contributed by atoms with Gasteiger partial charge < -0.3 is 15.2 Å². The third kappa shape index (κ3) is 2.70. The molecule has 1 aromatic rings. The highest BCUT2D eigenvalue weighted by atomic mass is 32.1. The number of carbonyl (C=O) groups is 2. The van der Waals surface area contributed by atoms with Crippen LogP contribution in [-0.4, -0.2) is 35.7 Å². The van der Waals surface area contributed by atoms with E-state index in [-0.39, 0.29) is 12.2 Å². The monoisotopic (exact) mass is 216 g/mol. The molecule has 2 N–H and O–H groups in total. The molecule has 0 fully saturated rings. The fraction of sp³-hybridized carbons (Fsp3) is 0.286. The van der Waals surface area contributed by atoms with Gasteiger partial charge in [0.1, 0.15) is 6.54 Å². The zero-order valence-electron chi connectivity index (χ0n) is 7.31. The van der Waals surface area contributed by atoms with Gasteiger partial charge in [0.25, 0.3) is 0 Å². The van der Waals surface area contributed by atoms with E-state index in [0.29, 0.717) is 5.13 Å². The highest BCUT2D eigenvalue weighted by Gasteiger charge is 2.08. The summed E-state index contributed by atoms with van der Waals surface area (Å²) in [5.41, 5.74) is -0.0395. The topological polar surface area (TPSA) is 88.5 Å². The summed E-state index contributed by atoms with van der Waals surface area (Å²) in [6.07, 6.45) is 0. The number of carboxylic acids is 1. The van der Waals surface area contributed by atoms with E-state index in [9.17, 15) is 9.59 Å². The van der Waals surface area contributed by atoms with Crippen molar-refractivity contribution in [1.82, 2.24) is 4.98 Å². The standard InChI is InChI=1S/C7H8N2O4S/c1-13-5(10)2-8-7-9-4(3-14-7)6(11)12/h3H,2H2,1H3,(H,8,9)(H,11,12). The smallest absolute Gasteiger partial charge is 0.355 e. The molecule has 0 aliphatic rings. The van der Waals surface area contributed by atoms with E-state index in [4.69, 9.17) is 5.11 Å². The van der Waals surface area contributed by atoms with E-state index in [1.807, 2.05) is 0 Å². The van der Waals surface area contributed by atoms with Crippen LogP contribution >= 0.6 is 11.3 Å². The summed E-state index contributed by atoms with van der Waals surface area (Å²) in [6, 6.07) is 0. The lowest BCUT2D eigenvalue weighted by molar-refractivity contribution is -0.138. The van der Waals surface area contributed by atoms with Crippen LogP contribution in [0.2, 0.25) is 0 Å². The van der Waals surface area contributed by atoms with E-state index in [1.54, 1.807) is 0 Å². The fourth-order valence-electron chi connectivity index (χ4n) is 0.673. The quantitative estimate of drug-likeness (QED) is 0.709. The van der Waals surface area contributed by atoms with Gasteiger partial charge in [-0.3, -0.25) is 4.79 Å². The molecule has 76 valence electrons. The molecule has 0 bridgehead atoms. The lowest BCUT2D eigenvalue weighted by Gasteiger charge is -1.98. The zero-order valence-corrected chi connectivity index (χ0v) is 8.13. The molecule has 1 rings (SSSR count).